The molecule has 4 aliphatic carbocycles. The Kier molecular flexibility index (Phi) is 5.15. The van der Waals surface area contributed by atoms with Crippen LogP contribution in [0.1, 0.15) is 92.9 Å². The lowest BCUT2D eigenvalue weighted by Gasteiger charge is -2.61. The van der Waals surface area contributed by atoms with Crippen LogP contribution in [0, 0.1) is 45.3 Å². The Morgan fingerprint density at radius 1 is 1.13 bits per heavy atom. The minimum Gasteiger partial charge on any atom is -0.481 e. The van der Waals surface area contributed by atoms with Crippen molar-refractivity contribution in [3.05, 3.63) is 11.6 Å². The van der Waals surface area contributed by atoms with E-state index in [4.69, 9.17) is 0 Å². The van der Waals surface area contributed by atoms with Gasteiger partial charge in [-0.2, -0.15) is 0 Å². The summed E-state index contributed by atoms with van der Waals surface area (Å²) in [7, 11) is 0. The molecule has 7 atom stereocenters. The van der Waals surface area contributed by atoms with Crippen molar-refractivity contribution in [2.24, 2.45) is 45.3 Å². The van der Waals surface area contributed by atoms with Gasteiger partial charge in [0.25, 0.3) is 0 Å². The van der Waals surface area contributed by atoms with Gasteiger partial charge in [0.15, 0.2) is 5.78 Å². The summed E-state index contributed by atoms with van der Waals surface area (Å²) < 4.78 is 0. The maximum atomic E-state index is 13.2. The Hall–Kier alpha value is -1.45. The quantitative estimate of drug-likeness (QED) is 0.610. The second kappa shape index (κ2) is 7.02. The van der Waals surface area contributed by atoms with Crippen LogP contribution in [0.5, 0.6) is 0 Å². The second-order valence-corrected chi connectivity index (χ2v) is 12.5. The number of carbonyl (C=O) groups excluding carboxylic acids is 2. The van der Waals surface area contributed by atoms with Crippen molar-refractivity contribution < 1.29 is 19.5 Å². The van der Waals surface area contributed by atoms with Crippen LogP contribution in [0.2, 0.25) is 0 Å². The van der Waals surface area contributed by atoms with Gasteiger partial charge < -0.3 is 5.11 Å². The lowest BCUT2D eigenvalue weighted by molar-refractivity contribution is -0.157. The maximum Gasteiger partial charge on any atom is 0.309 e. The van der Waals surface area contributed by atoms with E-state index in [9.17, 15) is 19.5 Å². The summed E-state index contributed by atoms with van der Waals surface area (Å²) >= 11 is 0. The molecule has 0 aromatic heterocycles. The van der Waals surface area contributed by atoms with Crippen LogP contribution in [0.3, 0.4) is 0 Å². The summed E-state index contributed by atoms with van der Waals surface area (Å²) in [6.07, 6.45) is 9.00. The number of rotatable bonds is 4. The predicted octanol–water partition coefficient (Wildman–Crippen LogP) is 5.84. The van der Waals surface area contributed by atoms with Gasteiger partial charge in [0, 0.05) is 11.8 Å². The third-order valence-electron chi connectivity index (χ3n) is 10.6. The van der Waals surface area contributed by atoms with Crippen molar-refractivity contribution in [2.45, 2.75) is 92.9 Å². The van der Waals surface area contributed by atoms with Crippen LogP contribution in [-0.4, -0.2) is 22.6 Å². The number of ketones is 2. The van der Waals surface area contributed by atoms with E-state index in [1.807, 2.05) is 6.08 Å². The monoisotopic (exact) mass is 428 g/mol. The standard InChI is InChI=1S/C27H40O4/c1-16-13-19-20(25(5)10-7-18(29)14-22(16)25)8-11-26(6)21(19)9-12-27(26,17(2)28)15-24(3,4)23(30)31/h14,16,19-21H,7-13,15H2,1-6H3,(H,30,31)/t16?,19-,20+,21+,25-,26+,27-/m1/s1. The Labute approximate surface area is 187 Å². The Balaban J connectivity index is 1.73. The highest BCUT2D eigenvalue weighted by atomic mass is 16.4. The van der Waals surface area contributed by atoms with Gasteiger partial charge in [0.2, 0.25) is 0 Å². The summed E-state index contributed by atoms with van der Waals surface area (Å²) in [4.78, 5) is 37.4. The third-order valence-corrected chi connectivity index (χ3v) is 10.6. The second-order valence-electron chi connectivity index (χ2n) is 12.5. The molecular weight excluding hydrogens is 388 g/mol. The van der Waals surface area contributed by atoms with E-state index in [0.29, 0.717) is 36.5 Å². The Bertz CT molecular complexity index is 853. The topological polar surface area (TPSA) is 71.4 Å². The number of Topliss-reactive ketones (excluding diaryl/α,β-unsaturated/α-hetero) is 1. The van der Waals surface area contributed by atoms with Crippen LogP contribution in [0.25, 0.3) is 0 Å². The number of fused-ring (bicyclic) bond motifs is 5. The largest absolute Gasteiger partial charge is 0.481 e. The van der Waals surface area contributed by atoms with E-state index >= 15 is 0 Å². The molecular formula is C27H40O4. The Morgan fingerprint density at radius 2 is 1.77 bits per heavy atom. The van der Waals surface area contributed by atoms with Crippen LogP contribution in [0.15, 0.2) is 11.6 Å². The highest BCUT2D eigenvalue weighted by Crippen LogP contribution is 2.72. The number of allylic oxidation sites excluding steroid dienone is 1. The summed E-state index contributed by atoms with van der Waals surface area (Å²) in [6, 6.07) is 0. The first-order valence-corrected chi connectivity index (χ1v) is 12.3. The molecule has 0 spiro atoms. The predicted molar refractivity (Wildman–Crippen MR) is 120 cm³/mol. The SMILES string of the molecule is CC(=O)[C@]1(CC(C)(C)C(=O)O)CC[C@H]2[C@@H]3CC(C)C4=CC(=O)CC[C@]4(C)[C@H]3CC[C@@]21C. The summed E-state index contributed by atoms with van der Waals surface area (Å²) in [6.45, 7) is 12.2. The molecule has 1 unspecified atom stereocenters. The molecule has 0 saturated heterocycles. The first-order valence-electron chi connectivity index (χ1n) is 12.3. The maximum absolute atomic E-state index is 13.2. The minimum atomic E-state index is -0.911. The molecule has 4 nitrogen and oxygen atoms in total. The van der Waals surface area contributed by atoms with E-state index in [1.165, 1.54) is 5.57 Å². The summed E-state index contributed by atoms with van der Waals surface area (Å²) in [5, 5.41) is 9.84. The van der Waals surface area contributed by atoms with Gasteiger partial charge in [-0.05, 0) is 106 Å². The number of hydrogen-bond donors (Lipinski definition) is 1. The molecule has 0 aliphatic heterocycles. The fourth-order valence-corrected chi connectivity index (χ4v) is 8.94. The van der Waals surface area contributed by atoms with E-state index < -0.39 is 16.8 Å². The number of aliphatic carboxylic acids is 1. The fourth-order valence-electron chi connectivity index (χ4n) is 8.94. The molecule has 1 N–H and O–H groups in total. The van der Waals surface area contributed by atoms with Crippen molar-refractivity contribution >= 4 is 17.5 Å². The van der Waals surface area contributed by atoms with Crippen molar-refractivity contribution in [1.29, 1.82) is 0 Å². The molecule has 172 valence electrons. The zero-order chi connectivity index (χ0) is 23.0. The highest BCUT2D eigenvalue weighted by molar-refractivity contribution is 5.91. The van der Waals surface area contributed by atoms with Crippen LogP contribution < -0.4 is 0 Å². The van der Waals surface area contributed by atoms with Gasteiger partial charge in [-0.1, -0.05) is 26.3 Å². The van der Waals surface area contributed by atoms with E-state index in [1.54, 1.807) is 20.8 Å². The third kappa shape index (κ3) is 3.03. The Morgan fingerprint density at radius 3 is 2.39 bits per heavy atom. The van der Waals surface area contributed by atoms with Crippen molar-refractivity contribution in [3.8, 4) is 0 Å². The molecule has 0 heterocycles. The zero-order valence-corrected chi connectivity index (χ0v) is 20.2. The summed E-state index contributed by atoms with van der Waals surface area (Å²) in [5.41, 5.74) is -0.135. The molecule has 0 aromatic carbocycles. The normalized spacial score (nSPS) is 44.7. The number of carbonyl (C=O) groups is 3. The number of carboxylic acid groups (broad SMARTS) is 1. The molecule has 31 heavy (non-hydrogen) atoms. The van der Waals surface area contributed by atoms with Gasteiger partial charge in [-0.15, -0.1) is 0 Å². The summed E-state index contributed by atoms with van der Waals surface area (Å²) in [5.74, 6) is 1.64. The first-order chi connectivity index (χ1) is 14.3. The number of hydrogen-bond acceptors (Lipinski definition) is 3. The van der Waals surface area contributed by atoms with Gasteiger partial charge in [-0.3, -0.25) is 14.4 Å². The molecule has 3 saturated carbocycles. The van der Waals surface area contributed by atoms with Gasteiger partial charge in [-0.25, -0.2) is 0 Å². The van der Waals surface area contributed by atoms with Gasteiger partial charge in [0.1, 0.15) is 5.78 Å². The minimum absolute atomic E-state index is 0.0966. The molecule has 0 amide bonds. The van der Waals surface area contributed by atoms with Crippen LogP contribution in [0.4, 0.5) is 0 Å². The van der Waals surface area contributed by atoms with E-state index in [0.717, 1.165) is 38.5 Å². The van der Waals surface area contributed by atoms with Crippen molar-refractivity contribution in [2.75, 3.05) is 0 Å². The lowest BCUT2D eigenvalue weighted by Crippen LogP contribution is -2.56. The first kappa shape index (κ1) is 22.7. The lowest BCUT2D eigenvalue weighted by atomic mass is 9.43. The average molecular weight is 429 g/mol. The molecule has 4 heteroatoms. The van der Waals surface area contributed by atoms with E-state index in [-0.39, 0.29) is 22.4 Å². The molecule has 4 rings (SSSR count). The molecule has 0 aromatic rings. The molecule has 3 fully saturated rings. The zero-order valence-electron chi connectivity index (χ0n) is 20.2. The fraction of sp³-hybridized carbons (Fsp3) is 0.815. The van der Waals surface area contributed by atoms with Gasteiger partial charge in [0.05, 0.1) is 5.41 Å². The molecule has 4 aliphatic rings. The van der Waals surface area contributed by atoms with Gasteiger partial charge >= 0.3 is 5.97 Å². The number of carboxylic acids is 1. The highest BCUT2D eigenvalue weighted by Gasteiger charge is 2.67. The molecule has 0 radical (unpaired) electrons. The van der Waals surface area contributed by atoms with Crippen molar-refractivity contribution in [3.63, 3.8) is 0 Å². The van der Waals surface area contributed by atoms with Crippen molar-refractivity contribution in [1.82, 2.24) is 0 Å². The van der Waals surface area contributed by atoms with E-state index in [2.05, 4.69) is 20.8 Å². The average Bonchev–Trinajstić information content (AvgIpc) is 2.96. The van der Waals surface area contributed by atoms with Crippen LogP contribution in [-0.2, 0) is 14.4 Å². The smallest absolute Gasteiger partial charge is 0.309 e. The molecule has 0 bridgehead atoms. The van der Waals surface area contributed by atoms with Crippen LogP contribution >= 0.6 is 0 Å².